The number of hydrogen-bond donors (Lipinski definition) is 2. The fourth-order valence-electron chi connectivity index (χ4n) is 1.89. The molecule has 124 valence electrons. The second-order valence-electron chi connectivity index (χ2n) is 4.95. The summed E-state index contributed by atoms with van der Waals surface area (Å²) in [6.07, 6.45) is 0.555. The van der Waals surface area contributed by atoms with Crippen molar-refractivity contribution in [3.05, 3.63) is 35.3 Å². The zero-order chi connectivity index (χ0) is 16.9. The van der Waals surface area contributed by atoms with E-state index in [1.54, 1.807) is 6.92 Å². The number of benzene rings is 1. The van der Waals surface area contributed by atoms with Crippen LogP contribution in [0.5, 0.6) is 0 Å². The van der Waals surface area contributed by atoms with Crippen molar-refractivity contribution in [2.24, 2.45) is 0 Å². The summed E-state index contributed by atoms with van der Waals surface area (Å²) in [5.41, 5.74) is 2.56. The number of rotatable bonds is 7. The van der Waals surface area contributed by atoms with Crippen molar-refractivity contribution < 1.29 is 13.2 Å². The maximum Gasteiger partial charge on any atom is 0.221 e. The van der Waals surface area contributed by atoms with E-state index in [0.29, 0.717) is 13.0 Å². The smallest absolute Gasteiger partial charge is 0.221 e. The molecule has 6 nitrogen and oxygen atoms in total. The van der Waals surface area contributed by atoms with Crippen LogP contribution in [0.15, 0.2) is 29.6 Å². The van der Waals surface area contributed by atoms with Crippen molar-refractivity contribution in [2.75, 3.05) is 17.6 Å². The maximum atomic E-state index is 11.4. The first kappa shape index (κ1) is 17.6. The molecule has 0 aliphatic heterocycles. The Morgan fingerprint density at radius 2 is 1.96 bits per heavy atom. The van der Waals surface area contributed by atoms with Gasteiger partial charge in [-0.05, 0) is 31.2 Å². The van der Waals surface area contributed by atoms with Gasteiger partial charge in [0.2, 0.25) is 15.9 Å². The van der Waals surface area contributed by atoms with Crippen molar-refractivity contribution in [1.29, 1.82) is 0 Å². The number of carbonyl (C=O) groups excluding carboxylic acids is 1. The van der Waals surface area contributed by atoms with Crippen LogP contribution in [0.4, 0.5) is 5.69 Å². The molecule has 0 aliphatic carbocycles. The first-order valence-corrected chi connectivity index (χ1v) is 9.72. The molecule has 0 saturated carbocycles. The number of thiazole rings is 1. The van der Waals surface area contributed by atoms with Crippen molar-refractivity contribution in [2.45, 2.75) is 20.3 Å². The fraction of sp³-hybridized carbons (Fsp3) is 0.333. The Hall–Kier alpha value is -1.77. The molecule has 2 rings (SSSR count). The van der Waals surface area contributed by atoms with Crippen LogP contribution in [0.1, 0.15) is 19.5 Å². The Morgan fingerprint density at radius 1 is 1.26 bits per heavy atom. The van der Waals surface area contributed by atoms with Gasteiger partial charge in [0.1, 0.15) is 5.01 Å². The first-order chi connectivity index (χ1) is 10.9. The van der Waals surface area contributed by atoms with E-state index in [1.807, 2.05) is 29.6 Å². The normalized spacial score (nSPS) is 11.4. The van der Waals surface area contributed by atoms with Gasteiger partial charge in [0.25, 0.3) is 0 Å². The van der Waals surface area contributed by atoms with Gasteiger partial charge >= 0.3 is 0 Å². The van der Waals surface area contributed by atoms with Crippen LogP contribution in [0.3, 0.4) is 0 Å². The summed E-state index contributed by atoms with van der Waals surface area (Å²) in [5, 5.41) is 5.51. The highest BCUT2D eigenvalue weighted by Crippen LogP contribution is 2.25. The Kier molecular flexibility index (Phi) is 5.86. The largest absolute Gasteiger partial charge is 0.326 e. The molecule has 0 bridgehead atoms. The van der Waals surface area contributed by atoms with Gasteiger partial charge in [0, 0.05) is 36.5 Å². The van der Waals surface area contributed by atoms with Gasteiger partial charge in [0.15, 0.2) is 0 Å². The van der Waals surface area contributed by atoms with Crippen LogP contribution >= 0.6 is 11.3 Å². The van der Waals surface area contributed by atoms with E-state index < -0.39 is 10.0 Å². The van der Waals surface area contributed by atoms with Crippen LogP contribution in [0, 0.1) is 0 Å². The lowest BCUT2D eigenvalue weighted by molar-refractivity contribution is -0.114. The number of carbonyl (C=O) groups is 1. The number of hydrogen-bond acceptors (Lipinski definition) is 5. The molecule has 0 aliphatic rings. The lowest BCUT2D eigenvalue weighted by atomic mass is 10.2. The Balaban J connectivity index is 1.97. The third kappa shape index (κ3) is 5.42. The minimum Gasteiger partial charge on any atom is -0.326 e. The van der Waals surface area contributed by atoms with E-state index in [2.05, 4.69) is 15.0 Å². The summed E-state index contributed by atoms with van der Waals surface area (Å²) in [7, 11) is -3.16. The number of aromatic nitrogens is 1. The van der Waals surface area contributed by atoms with Crippen LogP contribution in [-0.2, 0) is 21.2 Å². The summed E-state index contributed by atoms with van der Waals surface area (Å²) in [6, 6.07) is 7.45. The third-order valence-corrected chi connectivity index (χ3v) is 5.43. The minimum absolute atomic E-state index is 0.0793. The lowest BCUT2D eigenvalue weighted by Crippen LogP contribution is -2.27. The van der Waals surface area contributed by atoms with Crippen LogP contribution in [0.25, 0.3) is 10.6 Å². The molecule has 0 unspecified atom stereocenters. The lowest BCUT2D eigenvalue weighted by Gasteiger charge is -2.03. The summed E-state index contributed by atoms with van der Waals surface area (Å²) < 4.78 is 25.3. The highest BCUT2D eigenvalue weighted by molar-refractivity contribution is 7.89. The highest BCUT2D eigenvalue weighted by Gasteiger charge is 2.08. The predicted octanol–water partition coefficient (Wildman–Crippen LogP) is 2.25. The number of amides is 1. The van der Waals surface area contributed by atoms with Crippen molar-refractivity contribution in [3.8, 4) is 10.6 Å². The van der Waals surface area contributed by atoms with Gasteiger partial charge in [0.05, 0.1) is 11.4 Å². The van der Waals surface area contributed by atoms with E-state index in [9.17, 15) is 13.2 Å². The standard InChI is InChI=1S/C15H19N3O3S2/c1-3-23(20,21)16-9-8-14-10-22-15(18-14)12-4-6-13(7-5-12)17-11(2)19/h4-7,10,16H,3,8-9H2,1-2H3,(H,17,19). The van der Waals surface area contributed by atoms with E-state index in [0.717, 1.165) is 22.0 Å². The molecule has 8 heteroatoms. The van der Waals surface area contributed by atoms with Crippen molar-refractivity contribution in [3.63, 3.8) is 0 Å². The van der Waals surface area contributed by atoms with Gasteiger partial charge < -0.3 is 5.32 Å². The Bertz CT molecular complexity index is 768. The van der Waals surface area contributed by atoms with E-state index in [4.69, 9.17) is 0 Å². The van der Waals surface area contributed by atoms with Crippen molar-refractivity contribution >= 4 is 33.0 Å². The molecule has 2 N–H and O–H groups in total. The zero-order valence-electron chi connectivity index (χ0n) is 13.0. The summed E-state index contributed by atoms with van der Waals surface area (Å²) in [4.78, 5) is 15.5. The van der Waals surface area contributed by atoms with Crippen LogP contribution in [-0.4, -0.2) is 31.6 Å². The first-order valence-electron chi connectivity index (χ1n) is 7.19. The quantitative estimate of drug-likeness (QED) is 0.799. The van der Waals surface area contributed by atoms with E-state index in [1.165, 1.54) is 18.3 Å². The number of nitrogens with zero attached hydrogens (tertiary/aromatic N) is 1. The van der Waals surface area contributed by atoms with Gasteiger partial charge in [-0.15, -0.1) is 11.3 Å². The van der Waals surface area contributed by atoms with Gasteiger partial charge in [-0.3, -0.25) is 4.79 Å². The molecular weight excluding hydrogens is 334 g/mol. The minimum atomic E-state index is -3.16. The summed E-state index contributed by atoms with van der Waals surface area (Å²) in [5.74, 6) is -0.0282. The van der Waals surface area contributed by atoms with Gasteiger partial charge in [-0.1, -0.05) is 0 Å². The van der Waals surface area contributed by atoms with Gasteiger partial charge in [-0.25, -0.2) is 18.1 Å². The summed E-state index contributed by atoms with van der Waals surface area (Å²) >= 11 is 1.51. The SMILES string of the molecule is CCS(=O)(=O)NCCc1csc(-c2ccc(NC(C)=O)cc2)n1. The van der Waals surface area contributed by atoms with Gasteiger partial charge in [-0.2, -0.15) is 0 Å². The second-order valence-corrected chi connectivity index (χ2v) is 7.90. The van der Waals surface area contributed by atoms with Crippen LogP contribution in [0.2, 0.25) is 0 Å². The molecule has 0 radical (unpaired) electrons. The highest BCUT2D eigenvalue weighted by atomic mass is 32.2. The molecule has 0 saturated heterocycles. The second kappa shape index (κ2) is 7.67. The molecule has 1 amide bonds. The maximum absolute atomic E-state index is 11.4. The monoisotopic (exact) mass is 353 g/mol. The molecule has 0 atom stereocenters. The predicted molar refractivity (Wildman–Crippen MR) is 93.0 cm³/mol. The zero-order valence-corrected chi connectivity index (χ0v) is 14.6. The molecule has 0 fully saturated rings. The van der Waals surface area contributed by atoms with Crippen molar-refractivity contribution in [1.82, 2.24) is 9.71 Å². The number of anilines is 1. The molecule has 1 heterocycles. The Labute approximate surface area is 140 Å². The number of sulfonamides is 1. The average Bonchev–Trinajstić information content (AvgIpc) is 2.96. The molecule has 0 spiro atoms. The number of nitrogens with one attached hydrogen (secondary N) is 2. The molecule has 1 aromatic carbocycles. The average molecular weight is 353 g/mol. The van der Waals surface area contributed by atoms with E-state index in [-0.39, 0.29) is 11.7 Å². The fourth-order valence-corrected chi connectivity index (χ4v) is 3.37. The molecule has 2 aromatic rings. The molecule has 1 aromatic heterocycles. The Morgan fingerprint density at radius 3 is 2.57 bits per heavy atom. The molecule has 23 heavy (non-hydrogen) atoms. The summed E-state index contributed by atoms with van der Waals surface area (Å²) in [6.45, 7) is 3.42. The topological polar surface area (TPSA) is 88.2 Å². The van der Waals surface area contributed by atoms with E-state index >= 15 is 0 Å². The molecular formula is C15H19N3O3S2. The third-order valence-electron chi connectivity index (χ3n) is 3.09. The van der Waals surface area contributed by atoms with Crippen LogP contribution < -0.4 is 10.0 Å².